The highest BCUT2D eigenvalue weighted by Gasteiger charge is 2.18. The lowest BCUT2D eigenvalue weighted by molar-refractivity contribution is -0.142. The van der Waals surface area contributed by atoms with Crippen molar-refractivity contribution in [3.05, 3.63) is 11.7 Å². The van der Waals surface area contributed by atoms with Crippen LogP contribution in [0.2, 0.25) is 0 Å². The van der Waals surface area contributed by atoms with Gasteiger partial charge in [-0.2, -0.15) is 4.98 Å². The number of nitrogens with zero attached hydrogens (tertiary/aromatic N) is 2. The molecule has 0 N–H and O–H groups in total. The number of hydrogen-bond acceptors (Lipinski definition) is 6. The van der Waals surface area contributed by atoms with Crippen LogP contribution in [-0.2, 0) is 27.1 Å². The van der Waals surface area contributed by atoms with Crippen LogP contribution < -0.4 is 0 Å². The maximum Gasteiger partial charge on any atom is 0.315 e. The third-order valence-corrected chi connectivity index (χ3v) is 2.80. The second kappa shape index (κ2) is 6.49. The molecule has 1 aliphatic heterocycles. The number of rotatable bonds is 5. The highest BCUT2D eigenvalue weighted by molar-refractivity contribution is 5.71. The summed E-state index contributed by atoms with van der Waals surface area (Å²) in [4.78, 5) is 15.4. The van der Waals surface area contributed by atoms with E-state index in [9.17, 15) is 4.79 Å². The van der Waals surface area contributed by atoms with Crippen molar-refractivity contribution >= 4 is 5.97 Å². The Morgan fingerprint density at radius 2 is 2.39 bits per heavy atom. The summed E-state index contributed by atoms with van der Waals surface area (Å²) < 4.78 is 15.4. The summed E-state index contributed by atoms with van der Waals surface area (Å²) >= 11 is 0. The van der Waals surface area contributed by atoms with E-state index in [-0.39, 0.29) is 18.5 Å². The van der Waals surface area contributed by atoms with E-state index in [0.29, 0.717) is 24.7 Å². The van der Waals surface area contributed by atoms with Crippen molar-refractivity contribution in [2.24, 2.45) is 0 Å². The number of hydrogen-bond donors (Lipinski definition) is 0. The first-order chi connectivity index (χ1) is 8.78. The van der Waals surface area contributed by atoms with Crippen molar-refractivity contribution < 1.29 is 18.8 Å². The molecule has 2 rings (SSSR count). The van der Waals surface area contributed by atoms with Crippen LogP contribution in [0.4, 0.5) is 0 Å². The maximum atomic E-state index is 11.2. The van der Waals surface area contributed by atoms with Gasteiger partial charge in [0.2, 0.25) is 5.89 Å². The van der Waals surface area contributed by atoms with Gasteiger partial charge in [-0.1, -0.05) is 5.16 Å². The van der Waals surface area contributed by atoms with Crippen LogP contribution in [0.3, 0.4) is 0 Å². The standard InChI is InChI=1S/C12H18N2O4/c1-2-16-12(15)8-11-13-10(14-18-11)7-9-5-3-4-6-17-9/h9H,2-8H2,1H3. The molecule has 1 atom stereocenters. The lowest BCUT2D eigenvalue weighted by Crippen LogP contribution is -2.21. The Labute approximate surface area is 106 Å². The first kappa shape index (κ1) is 13.0. The highest BCUT2D eigenvalue weighted by Crippen LogP contribution is 2.16. The molecule has 1 aliphatic rings. The summed E-state index contributed by atoms with van der Waals surface area (Å²) in [6, 6.07) is 0. The average Bonchev–Trinajstić information content (AvgIpc) is 2.78. The average molecular weight is 254 g/mol. The molecule has 0 aromatic carbocycles. The Hall–Kier alpha value is -1.43. The van der Waals surface area contributed by atoms with Crippen molar-refractivity contribution in [1.29, 1.82) is 0 Å². The summed E-state index contributed by atoms with van der Waals surface area (Å²) in [5.41, 5.74) is 0. The third kappa shape index (κ3) is 3.80. The normalized spacial score (nSPS) is 19.7. The Bertz CT molecular complexity index is 385. The smallest absolute Gasteiger partial charge is 0.315 e. The third-order valence-electron chi connectivity index (χ3n) is 2.80. The Morgan fingerprint density at radius 3 is 3.11 bits per heavy atom. The van der Waals surface area contributed by atoms with Crippen LogP contribution in [0.1, 0.15) is 37.9 Å². The van der Waals surface area contributed by atoms with Crippen LogP contribution in [0.25, 0.3) is 0 Å². The molecule has 2 heterocycles. The molecule has 0 spiro atoms. The van der Waals surface area contributed by atoms with Crippen molar-refractivity contribution in [3.8, 4) is 0 Å². The van der Waals surface area contributed by atoms with Crippen LogP contribution in [0.5, 0.6) is 0 Å². The molecule has 18 heavy (non-hydrogen) atoms. The monoisotopic (exact) mass is 254 g/mol. The molecule has 1 unspecified atom stereocenters. The fourth-order valence-corrected chi connectivity index (χ4v) is 1.95. The van der Waals surface area contributed by atoms with Gasteiger partial charge in [-0.3, -0.25) is 4.79 Å². The molecular weight excluding hydrogens is 236 g/mol. The van der Waals surface area contributed by atoms with Gasteiger partial charge in [0.1, 0.15) is 6.42 Å². The van der Waals surface area contributed by atoms with E-state index < -0.39 is 0 Å². The molecule has 0 saturated carbocycles. The molecule has 0 aliphatic carbocycles. The van der Waals surface area contributed by atoms with Crippen LogP contribution in [-0.4, -0.2) is 35.4 Å². The molecule has 1 aromatic rings. The minimum Gasteiger partial charge on any atom is -0.466 e. The van der Waals surface area contributed by atoms with Gasteiger partial charge in [-0.15, -0.1) is 0 Å². The summed E-state index contributed by atoms with van der Waals surface area (Å²) in [5, 5.41) is 3.85. The van der Waals surface area contributed by atoms with E-state index in [1.165, 1.54) is 6.42 Å². The quantitative estimate of drug-likeness (QED) is 0.737. The van der Waals surface area contributed by atoms with Gasteiger partial charge in [-0.25, -0.2) is 0 Å². The minimum absolute atomic E-state index is 0.0341. The van der Waals surface area contributed by atoms with Gasteiger partial charge in [0.05, 0.1) is 12.7 Å². The molecule has 0 radical (unpaired) electrons. The lowest BCUT2D eigenvalue weighted by Gasteiger charge is -2.20. The first-order valence-electron chi connectivity index (χ1n) is 6.36. The largest absolute Gasteiger partial charge is 0.466 e. The summed E-state index contributed by atoms with van der Waals surface area (Å²) in [7, 11) is 0. The van der Waals surface area contributed by atoms with Gasteiger partial charge in [0.25, 0.3) is 0 Å². The van der Waals surface area contributed by atoms with Gasteiger partial charge < -0.3 is 14.0 Å². The predicted molar refractivity (Wildman–Crippen MR) is 61.9 cm³/mol. The molecule has 6 heteroatoms. The van der Waals surface area contributed by atoms with Gasteiger partial charge >= 0.3 is 5.97 Å². The maximum absolute atomic E-state index is 11.2. The number of carbonyl (C=O) groups is 1. The number of aromatic nitrogens is 2. The van der Waals surface area contributed by atoms with E-state index in [0.717, 1.165) is 19.4 Å². The van der Waals surface area contributed by atoms with Crippen molar-refractivity contribution in [3.63, 3.8) is 0 Å². The van der Waals surface area contributed by atoms with Crippen LogP contribution >= 0.6 is 0 Å². The minimum atomic E-state index is -0.346. The zero-order chi connectivity index (χ0) is 12.8. The summed E-state index contributed by atoms with van der Waals surface area (Å²) in [6.45, 7) is 2.92. The fourth-order valence-electron chi connectivity index (χ4n) is 1.95. The molecule has 0 bridgehead atoms. The molecule has 6 nitrogen and oxygen atoms in total. The molecule has 1 saturated heterocycles. The van der Waals surface area contributed by atoms with Crippen molar-refractivity contribution in [2.45, 2.75) is 45.1 Å². The van der Waals surface area contributed by atoms with E-state index >= 15 is 0 Å². The van der Waals surface area contributed by atoms with Crippen LogP contribution in [0.15, 0.2) is 4.52 Å². The Balaban J connectivity index is 1.83. The first-order valence-corrected chi connectivity index (χ1v) is 6.36. The molecule has 1 aromatic heterocycles. The Kier molecular flexibility index (Phi) is 4.69. The summed E-state index contributed by atoms with van der Waals surface area (Å²) in [5.74, 6) is 0.557. The number of esters is 1. The molecule has 100 valence electrons. The number of ether oxygens (including phenoxy) is 2. The van der Waals surface area contributed by atoms with E-state index in [1.54, 1.807) is 6.92 Å². The molecular formula is C12H18N2O4. The van der Waals surface area contributed by atoms with E-state index in [1.807, 2.05) is 0 Å². The molecule has 1 fully saturated rings. The van der Waals surface area contributed by atoms with E-state index in [4.69, 9.17) is 14.0 Å². The second-order valence-corrected chi connectivity index (χ2v) is 4.28. The van der Waals surface area contributed by atoms with Gasteiger partial charge in [0.15, 0.2) is 5.82 Å². The molecule has 0 amide bonds. The summed E-state index contributed by atoms with van der Waals surface area (Å²) in [6.07, 6.45) is 4.18. The van der Waals surface area contributed by atoms with E-state index in [2.05, 4.69) is 10.1 Å². The Morgan fingerprint density at radius 1 is 1.50 bits per heavy atom. The topological polar surface area (TPSA) is 74.5 Å². The predicted octanol–water partition coefficient (Wildman–Crippen LogP) is 1.29. The van der Waals surface area contributed by atoms with Crippen LogP contribution in [0, 0.1) is 0 Å². The zero-order valence-electron chi connectivity index (χ0n) is 10.6. The zero-order valence-corrected chi connectivity index (χ0v) is 10.6. The van der Waals surface area contributed by atoms with Crippen molar-refractivity contribution in [2.75, 3.05) is 13.2 Å². The SMILES string of the molecule is CCOC(=O)Cc1nc(CC2CCCCO2)no1. The van der Waals surface area contributed by atoms with Gasteiger partial charge in [0, 0.05) is 13.0 Å². The lowest BCUT2D eigenvalue weighted by atomic mass is 10.1. The van der Waals surface area contributed by atoms with Gasteiger partial charge in [-0.05, 0) is 26.2 Å². The van der Waals surface area contributed by atoms with Crippen molar-refractivity contribution in [1.82, 2.24) is 10.1 Å². The number of carbonyl (C=O) groups excluding carboxylic acids is 1. The fraction of sp³-hybridized carbons (Fsp3) is 0.750. The highest BCUT2D eigenvalue weighted by atomic mass is 16.5. The second-order valence-electron chi connectivity index (χ2n) is 4.28.